The van der Waals surface area contributed by atoms with Crippen LogP contribution in [0.1, 0.15) is 31.0 Å². The molecule has 2 N–H and O–H groups in total. The first kappa shape index (κ1) is 17.5. The minimum Gasteiger partial charge on any atom is -0.486 e. The second-order valence-electron chi connectivity index (χ2n) is 6.59. The zero-order chi connectivity index (χ0) is 17.8. The molecule has 0 aromatic heterocycles. The van der Waals surface area contributed by atoms with Crippen LogP contribution < -0.4 is 20.1 Å². The lowest BCUT2D eigenvalue weighted by Crippen LogP contribution is -2.35. The maximum absolute atomic E-state index is 5.71. The smallest absolute Gasteiger partial charge is 0.171 e. The van der Waals surface area contributed by atoms with Crippen molar-refractivity contribution in [3.8, 4) is 11.5 Å². The molecule has 2 aromatic carbocycles. The summed E-state index contributed by atoms with van der Waals surface area (Å²) in [6.07, 6.45) is 0. The fraction of sp³-hybridized carbons (Fsp3) is 0.350. The fourth-order valence-corrected chi connectivity index (χ4v) is 3.16. The van der Waals surface area contributed by atoms with E-state index < -0.39 is 0 Å². The van der Waals surface area contributed by atoms with Crippen molar-refractivity contribution in [2.75, 3.05) is 18.5 Å². The Balaban J connectivity index is 1.74. The predicted octanol–water partition coefficient (Wildman–Crippen LogP) is 4.45. The van der Waals surface area contributed by atoms with Gasteiger partial charge in [0.25, 0.3) is 0 Å². The van der Waals surface area contributed by atoms with Gasteiger partial charge in [0.05, 0.1) is 6.04 Å². The second-order valence-corrected chi connectivity index (χ2v) is 7.00. The van der Waals surface area contributed by atoms with Crippen LogP contribution in [0.3, 0.4) is 0 Å². The average molecular weight is 356 g/mol. The third-order valence-corrected chi connectivity index (χ3v) is 4.37. The molecule has 0 fully saturated rings. The second kappa shape index (κ2) is 7.74. The molecule has 3 rings (SSSR count). The lowest BCUT2D eigenvalue weighted by molar-refractivity contribution is 0.171. The lowest BCUT2D eigenvalue weighted by atomic mass is 9.95. The summed E-state index contributed by atoms with van der Waals surface area (Å²) in [5.41, 5.74) is 3.31. The number of aryl methyl sites for hydroxylation is 1. The predicted molar refractivity (Wildman–Crippen MR) is 106 cm³/mol. The van der Waals surface area contributed by atoms with E-state index in [2.05, 4.69) is 49.6 Å². The molecule has 0 spiro atoms. The molecule has 132 valence electrons. The van der Waals surface area contributed by atoms with Gasteiger partial charge in [-0.2, -0.15) is 0 Å². The van der Waals surface area contributed by atoms with Gasteiger partial charge in [-0.05, 0) is 60.5 Å². The van der Waals surface area contributed by atoms with Gasteiger partial charge in [-0.3, -0.25) is 0 Å². The average Bonchev–Trinajstić information content (AvgIpc) is 2.59. The van der Waals surface area contributed by atoms with Crippen molar-refractivity contribution in [2.45, 2.75) is 26.8 Å². The van der Waals surface area contributed by atoms with Crippen LogP contribution in [0, 0.1) is 12.8 Å². The molecule has 0 unspecified atom stereocenters. The molecule has 1 aliphatic rings. The number of hydrogen-bond acceptors (Lipinski definition) is 3. The zero-order valence-electron chi connectivity index (χ0n) is 14.8. The van der Waals surface area contributed by atoms with Crippen LogP contribution in [-0.2, 0) is 0 Å². The van der Waals surface area contributed by atoms with Gasteiger partial charge in [0, 0.05) is 5.69 Å². The van der Waals surface area contributed by atoms with E-state index in [1.165, 1.54) is 5.56 Å². The normalized spacial score (nSPS) is 14.1. The van der Waals surface area contributed by atoms with E-state index in [0.717, 1.165) is 22.7 Å². The molecule has 5 heteroatoms. The summed E-state index contributed by atoms with van der Waals surface area (Å²) in [6, 6.07) is 14.3. The molecule has 4 nitrogen and oxygen atoms in total. The van der Waals surface area contributed by atoms with E-state index in [1.54, 1.807) is 0 Å². The van der Waals surface area contributed by atoms with Crippen LogP contribution in [0.5, 0.6) is 11.5 Å². The third-order valence-electron chi connectivity index (χ3n) is 4.15. The van der Waals surface area contributed by atoms with Crippen molar-refractivity contribution >= 4 is 23.0 Å². The molecule has 0 saturated carbocycles. The van der Waals surface area contributed by atoms with Gasteiger partial charge in [0.1, 0.15) is 13.2 Å². The summed E-state index contributed by atoms with van der Waals surface area (Å²) >= 11 is 5.52. The number of hydrogen-bond donors (Lipinski definition) is 2. The Morgan fingerprint density at radius 3 is 2.52 bits per heavy atom. The molecule has 0 bridgehead atoms. The van der Waals surface area contributed by atoms with E-state index in [0.29, 0.717) is 24.2 Å². The first-order valence-corrected chi connectivity index (χ1v) is 8.97. The number of rotatable bonds is 4. The lowest BCUT2D eigenvalue weighted by Gasteiger charge is -2.26. The van der Waals surface area contributed by atoms with Gasteiger partial charge in [-0.15, -0.1) is 0 Å². The monoisotopic (exact) mass is 356 g/mol. The highest BCUT2D eigenvalue weighted by Crippen LogP contribution is 2.34. The van der Waals surface area contributed by atoms with Gasteiger partial charge in [-0.1, -0.05) is 32.0 Å². The van der Waals surface area contributed by atoms with Gasteiger partial charge in [0.2, 0.25) is 0 Å². The number of thiocarbonyl (C=S) groups is 1. The van der Waals surface area contributed by atoms with E-state index in [-0.39, 0.29) is 6.04 Å². The SMILES string of the molecule is Cc1cccc(NC(=S)N[C@@H](c2ccc3c(c2)OCCO3)C(C)C)c1. The molecule has 0 amide bonds. The Kier molecular flexibility index (Phi) is 5.43. The van der Waals surface area contributed by atoms with Crippen LogP contribution in [0.25, 0.3) is 0 Å². The number of ether oxygens (including phenoxy) is 2. The molecule has 0 radical (unpaired) electrons. The quantitative estimate of drug-likeness (QED) is 0.792. The van der Waals surface area contributed by atoms with E-state index in [4.69, 9.17) is 21.7 Å². The standard InChI is InChI=1S/C20H24N2O2S/c1-13(2)19(15-7-8-17-18(12-15)24-10-9-23-17)22-20(25)21-16-6-4-5-14(3)11-16/h4-8,11-13,19H,9-10H2,1-3H3,(H2,21,22,25)/t19-/m1/s1. The van der Waals surface area contributed by atoms with Crippen LogP contribution in [0.2, 0.25) is 0 Å². The summed E-state index contributed by atoms with van der Waals surface area (Å²) in [7, 11) is 0. The summed E-state index contributed by atoms with van der Waals surface area (Å²) in [6.45, 7) is 7.59. The Labute approximate surface area is 154 Å². The van der Waals surface area contributed by atoms with E-state index in [9.17, 15) is 0 Å². The molecule has 0 saturated heterocycles. The maximum Gasteiger partial charge on any atom is 0.171 e. The summed E-state index contributed by atoms with van der Waals surface area (Å²) in [5.74, 6) is 1.96. The first-order valence-electron chi connectivity index (χ1n) is 8.56. The van der Waals surface area contributed by atoms with E-state index >= 15 is 0 Å². The molecule has 2 aromatic rings. The third kappa shape index (κ3) is 4.42. The Morgan fingerprint density at radius 1 is 1.04 bits per heavy atom. The highest BCUT2D eigenvalue weighted by atomic mass is 32.1. The van der Waals surface area contributed by atoms with Crippen LogP contribution in [0.4, 0.5) is 5.69 Å². The zero-order valence-corrected chi connectivity index (χ0v) is 15.7. The Bertz CT molecular complexity index is 761. The first-order chi connectivity index (χ1) is 12.0. The van der Waals surface area contributed by atoms with Gasteiger partial charge < -0.3 is 20.1 Å². The minimum absolute atomic E-state index is 0.0839. The number of fused-ring (bicyclic) bond motifs is 1. The van der Waals surface area contributed by atoms with Crippen molar-refractivity contribution in [2.24, 2.45) is 5.92 Å². The molecule has 1 aliphatic heterocycles. The van der Waals surface area contributed by atoms with E-state index in [1.807, 2.05) is 24.3 Å². The van der Waals surface area contributed by atoms with Crippen molar-refractivity contribution in [1.29, 1.82) is 0 Å². The summed E-state index contributed by atoms with van der Waals surface area (Å²) in [4.78, 5) is 0. The van der Waals surface area contributed by atoms with Crippen molar-refractivity contribution in [3.05, 3.63) is 53.6 Å². The van der Waals surface area contributed by atoms with Crippen molar-refractivity contribution in [1.82, 2.24) is 5.32 Å². The van der Waals surface area contributed by atoms with Crippen molar-refractivity contribution < 1.29 is 9.47 Å². The van der Waals surface area contributed by atoms with Gasteiger partial charge in [0.15, 0.2) is 16.6 Å². The number of benzene rings is 2. The highest BCUT2D eigenvalue weighted by Gasteiger charge is 2.20. The molecular weight excluding hydrogens is 332 g/mol. The molecule has 25 heavy (non-hydrogen) atoms. The highest BCUT2D eigenvalue weighted by molar-refractivity contribution is 7.80. The van der Waals surface area contributed by atoms with Gasteiger partial charge in [-0.25, -0.2) is 0 Å². The van der Waals surface area contributed by atoms with Gasteiger partial charge >= 0.3 is 0 Å². The van der Waals surface area contributed by atoms with Crippen LogP contribution in [0.15, 0.2) is 42.5 Å². The minimum atomic E-state index is 0.0839. The van der Waals surface area contributed by atoms with Crippen LogP contribution in [-0.4, -0.2) is 18.3 Å². The summed E-state index contributed by atoms with van der Waals surface area (Å²) in [5, 5.41) is 7.31. The molecule has 1 atom stereocenters. The molecular formula is C20H24N2O2S. The molecule has 0 aliphatic carbocycles. The Hall–Kier alpha value is -2.27. The maximum atomic E-state index is 5.71. The fourth-order valence-electron chi connectivity index (χ4n) is 2.92. The molecule has 1 heterocycles. The van der Waals surface area contributed by atoms with Crippen LogP contribution >= 0.6 is 12.2 Å². The number of nitrogens with one attached hydrogen (secondary N) is 2. The Morgan fingerprint density at radius 2 is 1.80 bits per heavy atom. The largest absolute Gasteiger partial charge is 0.486 e. The van der Waals surface area contributed by atoms with Crippen molar-refractivity contribution in [3.63, 3.8) is 0 Å². The summed E-state index contributed by atoms with van der Waals surface area (Å²) < 4.78 is 11.3. The number of anilines is 1. The topological polar surface area (TPSA) is 42.5 Å².